The van der Waals surface area contributed by atoms with Gasteiger partial charge < -0.3 is 10.6 Å². The molecule has 104 valence electrons. The van der Waals surface area contributed by atoms with Crippen molar-refractivity contribution in [2.45, 2.75) is 38.3 Å². The van der Waals surface area contributed by atoms with E-state index in [1.54, 1.807) is 18.2 Å². The Kier molecular flexibility index (Phi) is 4.71. The molecule has 0 saturated carbocycles. The zero-order valence-corrected chi connectivity index (χ0v) is 12.4. The van der Waals surface area contributed by atoms with Gasteiger partial charge in [-0.1, -0.05) is 23.2 Å². The molecule has 0 aliphatic carbocycles. The van der Waals surface area contributed by atoms with Crippen molar-refractivity contribution >= 4 is 29.1 Å². The van der Waals surface area contributed by atoms with Crippen LogP contribution in [0, 0.1) is 0 Å². The van der Waals surface area contributed by atoms with Crippen LogP contribution in [0.4, 0.5) is 0 Å². The average molecular weight is 301 g/mol. The van der Waals surface area contributed by atoms with E-state index in [2.05, 4.69) is 6.92 Å². The molecule has 2 unspecified atom stereocenters. The van der Waals surface area contributed by atoms with Crippen molar-refractivity contribution in [2.75, 3.05) is 6.54 Å². The predicted molar refractivity (Wildman–Crippen MR) is 78.8 cm³/mol. The number of benzene rings is 1. The third kappa shape index (κ3) is 3.22. The summed E-state index contributed by atoms with van der Waals surface area (Å²) in [5.41, 5.74) is 6.32. The molecule has 0 spiro atoms. The maximum absolute atomic E-state index is 12.6. The number of carbonyl (C=O) groups excluding carboxylic acids is 1. The maximum Gasteiger partial charge on any atom is 0.254 e. The molecule has 2 rings (SSSR count). The molecule has 0 radical (unpaired) electrons. The summed E-state index contributed by atoms with van der Waals surface area (Å²) in [4.78, 5) is 14.5. The summed E-state index contributed by atoms with van der Waals surface area (Å²) in [6.45, 7) is 2.55. The highest BCUT2D eigenvalue weighted by Crippen LogP contribution is 2.26. The zero-order valence-electron chi connectivity index (χ0n) is 10.9. The lowest BCUT2D eigenvalue weighted by Crippen LogP contribution is -2.51. The second-order valence-corrected chi connectivity index (χ2v) is 5.91. The summed E-state index contributed by atoms with van der Waals surface area (Å²) in [7, 11) is 0. The molecule has 3 nitrogen and oxygen atoms in total. The molecule has 2 N–H and O–H groups in total. The van der Waals surface area contributed by atoms with Gasteiger partial charge in [-0.05, 0) is 44.4 Å². The van der Waals surface area contributed by atoms with E-state index in [-0.39, 0.29) is 18.0 Å². The van der Waals surface area contributed by atoms with E-state index in [0.717, 1.165) is 19.3 Å². The Morgan fingerprint density at radius 3 is 2.53 bits per heavy atom. The molecule has 0 aromatic heterocycles. The first-order valence-electron chi connectivity index (χ1n) is 6.51. The average Bonchev–Trinajstić information content (AvgIpc) is 2.36. The van der Waals surface area contributed by atoms with Crippen molar-refractivity contribution < 1.29 is 4.79 Å². The van der Waals surface area contributed by atoms with E-state index >= 15 is 0 Å². The fraction of sp³-hybridized carbons (Fsp3) is 0.500. The summed E-state index contributed by atoms with van der Waals surface area (Å²) in [5, 5.41) is 0.953. The van der Waals surface area contributed by atoms with Gasteiger partial charge >= 0.3 is 0 Å². The van der Waals surface area contributed by atoms with Crippen molar-refractivity contribution in [3.8, 4) is 0 Å². The van der Waals surface area contributed by atoms with Crippen LogP contribution in [0.1, 0.15) is 36.5 Å². The molecule has 19 heavy (non-hydrogen) atoms. The molecule has 2 atom stereocenters. The van der Waals surface area contributed by atoms with Gasteiger partial charge in [-0.15, -0.1) is 0 Å². The number of nitrogens with two attached hydrogens (primary N) is 1. The molecule has 1 heterocycles. The van der Waals surface area contributed by atoms with E-state index in [4.69, 9.17) is 28.9 Å². The van der Waals surface area contributed by atoms with Crippen molar-refractivity contribution in [3.63, 3.8) is 0 Å². The minimum Gasteiger partial charge on any atom is -0.332 e. The van der Waals surface area contributed by atoms with Gasteiger partial charge in [-0.25, -0.2) is 0 Å². The lowest BCUT2D eigenvalue weighted by molar-refractivity contribution is 0.0494. The normalized spacial score (nSPS) is 23.5. The lowest BCUT2D eigenvalue weighted by atomic mass is 9.95. The van der Waals surface area contributed by atoms with Crippen LogP contribution in [-0.4, -0.2) is 29.4 Å². The second kappa shape index (κ2) is 6.12. The topological polar surface area (TPSA) is 46.3 Å². The Morgan fingerprint density at radius 2 is 1.95 bits per heavy atom. The van der Waals surface area contributed by atoms with Crippen LogP contribution in [0.15, 0.2) is 18.2 Å². The molecule has 1 saturated heterocycles. The number of halogens is 2. The predicted octanol–water partition coefficient (Wildman–Crippen LogP) is 3.34. The van der Waals surface area contributed by atoms with Gasteiger partial charge in [0.2, 0.25) is 0 Å². The number of rotatable bonds is 2. The van der Waals surface area contributed by atoms with Crippen LogP contribution in [0.5, 0.6) is 0 Å². The van der Waals surface area contributed by atoms with Gasteiger partial charge in [0.05, 0.1) is 0 Å². The molecule has 1 amide bonds. The third-order valence-corrected chi connectivity index (χ3v) is 4.08. The van der Waals surface area contributed by atoms with Gasteiger partial charge in [0.15, 0.2) is 0 Å². The zero-order chi connectivity index (χ0) is 14.0. The van der Waals surface area contributed by atoms with Crippen LogP contribution in [0.2, 0.25) is 10.0 Å². The number of nitrogens with zero attached hydrogens (tertiary/aromatic N) is 1. The number of carbonyl (C=O) groups is 1. The maximum atomic E-state index is 12.6. The van der Waals surface area contributed by atoms with Crippen LogP contribution in [-0.2, 0) is 0 Å². The van der Waals surface area contributed by atoms with Gasteiger partial charge in [0.25, 0.3) is 5.91 Å². The Labute approximate surface area is 123 Å². The summed E-state index contributed by atoms with van der Waals surface area (Å²) >= 11 is 11.9. The monoisotopic (exact) mass is 300 g/mol. The first kappa shape index (κ1) is 14.6. The number of likely N-dealkylation sites (tertiary alicyclic amines) is 1. The second-order valence-electron chi connectivity index (χ2n) is 5.04. The van der Waals surface area contributed by atoms with Gasteiger partial charge in [0.1, 0.15) is 0 Å². The smallest absolute Gasteiger partial charge is 0.254 e. The minimum absolute atomic E-state index is 0.0351. The number of hydrogen-bond acceptors (Lipinski definition) is 2. The van der Waals surface area contributed by atoms with Crippen molar-refractivity contribution in [2.24, 2.45) is 5.73 Å². The minimum atomic E-state index is -0.0351. The fourth-order valence-corrected chi connectivity index (χ4v) is 3.24. The molecular formula is C14H18Cl2N2O. The largest absolute Gasteiger partial charge is 0.332 e. The Balaban J connectivity index is 2.30. The molecule has 1 aromatic carbocycles. The highest BCUT2D eigenvalue weighted by Gasteiger charge is 2.31. The van der Waals surface area contributed by atoms with Crippen LogP contribution >= 0.6 is 23.2 Å². The van der Waals surface area contributed by atoms with E-state index in [1.807, 2.05) is 4.90 Å². The van der Waals surface area contributed by atoms with Crippen molar-refractivity contribution in [1.29, 1.82) is 0 Å². The summed E-state index contributed by atoms with van der Waals surface area (Å²) in [5.74, 6) is -0.0351. The van der Waals surface area contributed by atoms with Gasteiger partial charge in [0, 0.05) is 34.2 Å². The number of piperidine rings is 1. The first-order valence-corrected chi connectivity index (χ1v) is 7.27. The van der Waals surface area contributed by atoms with E-state index in [1.165, 1.54) is 0 Å². The summed E-state index contributed by atoms with van der Waals surface area (Å²) < 4.78 is 0. The van der Waals surface area contributed by atoms with Crippen LogP contribution in [0.3, 0.4) is 0 Å². The highest BCUT2D eigenvalue weighted by molar-refractivity contribution is 6.35. The lowest BCUT2D eigenvalue weighted by Gasteiger charge is -2.40. The Hall–Kier alpha value is -0.770. The quantitative estimate of drug-likeness (QED) is 0.910. The van der Waals surface area contributed by atoms with Crippen molar-refractivity contribution in [1.82, 2.24) is 4.90 Å². The van der Waals surface area contributed by atoms with Crippen LogP contribution in [0.25, 0.3) is 0 Å². The highest BCUT2D eigenvalue weighted by atomic mass is 35.5. The van der Waals surface area contributed by atoms with Crippen LogP contribution < -0.4 is 5.73 Å². The molecule has 0 bridgehead atoms. The van der Waals surface area contributed by atoms with Gasteiger partial charge in [-0.3, -0.25) is 4.79 Å². The van der Waals surface area contributed by atoms with Crippen molar-refractivity contribution in [3.05, 3.63) is 33.8 Å². The molecule has 1 aliphatic heterocycles. The van der Waals surface area contributed by atoms with Gasteiger partial charge in [-0.2, -0.15) is 0 Å². The first-order chi connectivity index (χ1) is 9.02. The van der Waals surface area contributed by atoms with E-state index < -0.39 is 0 Å². The number of amides is 1. The summed E-state index contributed by atoms with van der Waals surface area (Å²) in [6, 6.07) is 5.25. The Morgan fingerprint density at radius 1 is 1.32 bits per heavy atom. The number of hydrogen-bond donors (Lipinski definition) is 1. The SMILES string of the molecule is CC1CCCC(CN)N1C(=O)c1cc(Cl)cc(Cl)c1. The molecule has 1 fully saturated rings. The standard InChI is InChI=1S/C14H18Cl2N2O/c1-9-3-2-4-13(8-17)18(9)14(19)10-5-11(15)7-12(16)6-10/h5-7,9,13H,2-4,8,17H2,1H3. The fourth-order valence-electron chi connectivity index (χ4n) is 2.71. The molecule has 1 aliphatic rings. The Bertz CT molecular complexity index is 458. The molecule has 1 aromatic rings. The molecular weight excluding hydrogens is 283 g/mol. The summed E-state index contributed by atoms with van der Waals surface area (Å²) in [6.07, 6.45) is 3.08. The third-order valence-electron chi connectivity index (χ3n) is 3.64. The molecule has 5 heteroatoms. The van der Waals surface area contributed by atoms with E-state index in [0.29, 0.717) is 22.2 Å². The van der Waals surface area contributed by atoms with E-state index in [9.17, 15) is 4.79 Å².